The Bertz CT molecular complexity index is 947. The predicted octanol–water partition coefficient (Wildman–Crippen LogP) is 5.76. The molecule has 2 heterocycles. The molecule has 1 aromatic carbocycles. The predicted molar refractivity (Wildman–Crippen MR) is 119 cm³/mol. The van der Waals surface area contributed by atoms with Gasteiger partial charge in [-0.05, 0) is 67.9 Å². The van der Waals surface area contributed by atoms with Crippen LogP contribution in [0, 0.1) is 6.92 Å². The Morgan fingerprint density at radius 3 is 2.74 bits per heavy atom. The fraction of sp³-hybridized carbons (Fsp3) is 0.167. The van der Waals surface area contributed by atoms with E-state index in [1.807, 2.05) is 41.1 Å². The molecule has 0 unspecified atom stereocenters. The fourth-order valence-corrected chi connectivity index (χ4v) is 5.48. The quantitative estimate of drug-likeness (QED) is 0.313. The molecule has 1 N–H and O–H groups in total. The van der Waals surface area contributed by atoms with E-state index in [2.05, 4.69) is 54.0 Å². The number of carbonyl (C=O) groups excluding carboxylic acids is 1. The lowest BCUT2D eigenvalue weighted by Gasteiger charge is -2.11. The number of hydrogen-bond acceptors (Lipinski definition) is 5. The number of nitrogens with zero attached hydrogens (tertiary/aromatic N) is 3. The van der Waals surface area contributed by atoms with E-state index >= 15 is 0 Å². The highest BCUT2D eigenvalue weighted by atomic mass is 79.9. The number of carbonyl (C=O) groups is 1. The maximum absolute atomic E-state index is 12.4. The maximum atomic E-state index is 12.4. The van der Waals surface area contributed by atoms with Crippen LogP contribution in [0.3, 0.4) is 0 Å². The van der Waals surface area contributed by atoms with Gasteiger partial charge in [0, 0.05) is 15.5 Å². The summed E-state index contributed by atoms with van der Waals surface area (Å²) in [6, 6.07) is 7.90. The molecule has 1 amide bonds. The van der Waals surface area contributed by atoms with Crippen LogP contribution in [0.5, 0.6) is 0 Å². The smallest absolute Gasteiger partial charge is 0.234 e. The molecule has 0 radical (unpaired) electrons. The molecule has 0 saturated carbocycles. The van der Waals surface area contributed by atoms with Gasteiger partial charge in [-0.3, -0.25) is 9.36 Å². The van der Waals surface area contributed by atoms with Crippen molar-refractivity contribution >= 4 is 66.6 Å². The molecular formula is C18H16Br2N4OS2. The average Bonchev–Trinajstić information content (AvgIpc) is 3.26. The monoisotopic (exact) mass is 526 g/mol. The van der Waals surface area contributed by atoms with Crippen LogP contribution in [0.15, 0.2) is 56.4 Å². The van der Waals surface area contributed by atoms with E-state index in [0.29, 0.717) is 11.7 Å². The van der Waals surface area contributed by atoms with Crippen LogP contribution in [0.25, 0.3) is 10.7 Å². The van der Waals surface area contributed by atoms with Crippen molar-refractivity contribution in [2.75, 3.05) is 11.1 Å². The number of hydrogen-bond donors (Lipinski definition) is 1. The second kappa shape index (κ2) is 9.18. The Kier molecular flexibility index (Phi) is 6.91. The molecule has 5 nitrogen and oxygen atoms in total. The summed E-state index contributed by atoms with van der Waals surface area (Å²) in [4.78, 5) is 13.5. The van der Waals surface area contributed by atoms with E-state index in [0.717, 1.165) is 30.9 Å². The summed E-state index contributed by atoms with van der Waals surface area (Å²) in [6.07, 6.45) is 1.80. The van der Waals surface area contributed by atoms with E-state index < -0.39 is 0 Å². The minimum absolute atomic E-state index is 0.115. The van der Waals surface area contributed by atoms with Gasteiger partial charge in [0.25, 0.3) is 0 Å². The standard InChI is InChI=1S/C18H16Br2N4OS2/c1-3-6-24-17(14-5-4-7-26-14)22-23-18(24)27-10-15(25)21-16-12(19)8-11(2)9-13(16)20/h3-5,7-9H,1,6,10H2,2H3,(H,21,25). The minimum atomic E-state index is -0.115. The van der Waals surface area contributed by atoms with Crippen molar-refractivity contribution in [2.45, 2.75) is 18.6 Å². The van der Waals surface area contributed by atoms with Crippen molar-refractivity contribution in [3.63, 3.8) is 0 Å². The van der Waals surface area contributed by atoms with Crippen LogP contribution in [-0.2, 0) is 11.3 Å². The van der Waals surface area contributed by atoms with Crippen LogP contribution in [0.4, 0.5) is 5.69 Å². The largest absolute Gasteiger partial charge is 0.323 e. The third-order valence-electron chi connectivity index (χ3n) is 3.55. The number of benzene rings is 1. The van der Waals surface area contributed by atoms with E-state index in [-0.39, 0.29) is 11.7 Å². The second-order valence-electron chi connectivity index (χ2n) is 5.62. The zero-order valence-electron chi connectivity index (χ0n) is 14.4. The lowest BCUT2D eigenvalue weighted by Crippen LogP contribution is -2.15. The molecule has 0 saturated heterocycles. The van der Waals surface area contributed by atoms with Gasteiger partial charge in [0.1, 0.15) is 0 Å². The highest BCUT2D eigenvalue weighted by molar-refractivity contribution is 9.11. The topological polar surface area (TPSA) is 59.8 Å². The van der Waals surface area contributed by atoms with Gasteiger partial charge in [0.2, 0.25) is 5.91 Å². The molecular weight excluding hydrogens is 512 g/mol. The van der Waals surface area contributed by atoms with Crippen LogP contribution in [-0.4, -0.2) is 26.4 Å². The Balaban J connectivity index is 1.72. The molecule has 3 aromatic rings. The van der Waals surface area contributed by atoms with Gasteiger partial charge in [0.15, 0.2) is 11.0 Å². The van der Waals surface area contributed by atoms with Crippen LogP contribution in [0.1, 0.15) is 5.56 Å². The highest BCUT2D eigenvalue weighted by Gasteiger charge is 2.16. The Hall–Kier alpha value is -1.42. The summed E-state index contributed by atoms with van der Waals surface area (Å²) in [7, 11) is 0. The molecule has 0 aliphatic carbocycles. The van der Waals surface area contributed by atoms with Gasteiger partial charge in [-0.1, -0.05) is 23.9 Å². The molecule has 0 atom stereocenters. The van der Waals surface area contributed by atoms with E-state index in [1.165, 1.54) is 11.8 Å². The first-order valence-corrected chi connectivity index (χ1v) is 11.4. The van der Waals surface area contributed by atoms with Crippen LogP contribution >= 0.6 is 55.0 Å². The van der Waals surface area contributed by atoms with E-state index in [9.17, 15) is 4.79 Å². The molecule has 140 valence electrons. The van der Waals surface area contributed by atoms with E-state index in [1.54, 1.807) is 17.4 Å². The number of rotatable bonds is 7. The molecule has 0 spiro atoms. The van der Waals surface area contributed by atoms with Crippen molar-refractivity contribution in [3.8, 4) is 10.7 Å². The van der Waals surface area contributed by atoms with Crippen LogP contribution in [0.2, 0.25) is 0 Å². The molecule has 0 aliphatic rings. The highest BCUT2D eigenvalue weighted by Crippen LogP contribution is 2.33. The van der Waals surface area contributed by atoms with Crippen molar-refractivity contribution < 1.29 is 4.79 Å². The normalized spacial score (nSPS) is 10.8. The zero-order chi connectivity index (χ0) is 19.4. The number of aryl methyl sites for hydroxylation is 1. The number of halogens is 2. The SMILES string of the molecule is C=CCn1c(SCC(=O)Nc2c(Br)cc(C)cc2Br)nnc1-c1cccs1. The van der Waals surface area contributed by atoms with Crippen LogP contribution < -0.4 is 5.32 Å². The molecule has 3 rings (SSSR count). The van der Waals surface area contributed by atoms with E-state index in [4.69, 9.17) is 0 Å². The van der Waals surface area contributed by atoms with Crippen molar-refractivity contribution in [1.82, 2.24) is 14.8 Å². The lowest BCUT2D eigenvalue weighted by molar-refractivity contribution is -0.113. The first-order valence-electron chi connectivity index (χ1n) is 7.96. The fourth-order valence-electron chi connectivity index (χ4n) is 2.40. The summed E-state index contributed by atoms with van der Waals surface area (Å²) in [5.41, 5.74) is 1.82. The Morgan fingerprint density at radius 1 is 1.37 bits per heavy atom. The molecule has 0 fully saturated rings. The van der Waals surface area contributed by atoms with Crippen molar-refractivity contribution in [1.29, 1.82) is 0 Å². The van der Waals surface area contributed by atoms with Crippen molar-refractivity contribution in [2.24, 2.45) is 0 Å². The second-order valence-corrected chi connectivity index (χ2v) is 9.22. The number of nitrogens with one attached hydrogen (secondary N) is 1. The first kappa shape index (κ1) is 20.3. The third-order valence-corrected chi connectivity index (χ3v) is 6.64. The number of thioether (sulfide) groups is 1. The summed E-state index contributed by atoms with van der Waals surface area (Å²) < 4.78 is 3.64. The van der Waals surface area contributed by atoms with Gasteiger partial charge in [-0.15, -0.1) is 28.1 Å². The van der Waals surface area contributed by atoms with Gasteiger partial charge in [-0.25, -0.2) is 0 Å². The van der Waals surface area contributed by atoms with Gasteiger partial charge < -0.3 is 5.32 Å². The van der Waals surface area contributed by atoms with Gasteiger partial charge in [-0.2, -0.15) is 0 Å². The number of thiophene rings is 1. The zero-order valence-corrected chi connectivity index (χ0v) is 19.2. The summed E-state index contributed by atoms with van der Waals surface area (Å²) in [6.45, 7) is 6.38. The third kappa shape index (κ3) is 4.90. The van der Waals surface area contributed by atoms with Crippen molar-refractivity contribution in [3.05, 3.63) is 56.8 Å². The molecule has 0 aliphatic heterocycles. The number of aromatic nitrogens is 3. The average molecular weight is 528 g/mol. The summed E-state index contributed by atoms with van der Waals surface area (Å²) >= 11 is 9.94. The lowest BCUT2D eigenvalue weighted by atomic mass is 10.2. The molecule has 9 heteroatoms. The summed E-state index contributed by atoms with van der Waals surface area (Å²) in [5.74, 6) is 0.903. The summed E-state index contributed by atoms with van der Waals surface area (Å²) in [5, 5.41) is 14.2. The molecule has 27 heavy (non-hydrogen) atoms. The van der Waals surface area contributed by atoms with Gasteiger partial charge in [0.05, 0.1) is 16.3 Å². The first-order chi connectivity index (χ1) is 13.0. The Morgan fingerprint density at radius 2 is 2.11 bits per heavy atom. The Labute approximate surface area is 182 Å². The molecule has 0 bridgehead atoms. The number of allylic oxidation sites excluding steroid dienone is 1. The van der Waals surface area contributed by atoms with Gasteiger partial charge >= 0.3 is 0 Å². The minimum Gasteiger partial charge on any atom is -0.323 e. The number of amides is 1. The molecule has 2 aromatic heterocycles. The number of anilines is 1. The maximum Gasteiger partial charge on any atom is 0.234 e.